The molecule has 0 aliphatic carbocycles. The van der Waals surface area contributed by atoms with Crippen molar-refractivity contribution in [2.75, 3.05) is 17.8 Å². The van der Waals surface area contributed by atoms with Crippen LogP contribution in [0.15, 0.2) is 17.2 Å². The van der Waals surface area contributed by atoms with E-state index >= 15 is 0 Å². The fourth-order valence-electron chi connectivity index (χ4n) is 0.986. The Bertz CT molecular complexity index is 374. The Morgan fingerprint density at radius 2 is 2.38 bits per heavy atom. The quantitative estimate of drug-likeness (QED) is 0.222. The molecule has 1 aromatic rings. The van der Waals surface area contributed by atoms with Crippen LogP contribution in [-0.4, -0.2) is 27.4 Å². The molecule has 16 heavy (non-hydrogen) atoms. The van der Waals surface area contributed by atoms with E-state index in [0.29, 0.717) is 17.2 Å². The first-order valence-electron chi connectivity index (χ1n) is 4.54. The van der Waals surface area contributed by atoms with Crippen LogP contribution in [0.1, 0.15) is 6.42 Å². The normalized spacial score (nSPS) is 10.1. The molecule has 0 bridgehead atoms. The van der Waals surface area contributed by atoms with Gasteiger partial charge in [-0.25, -0.2) is 10.8 Å². The topological polar surface area (TPSA) is 114 Å². The molecule has 0 aliphatic rings. The SMILES string of the molecule is NNc1cc([N+](=O)[O-])cc(SCCCO)n1. The number of thioether (sulfide) groups is 1. The van der Waals surface area contributed by atoms with E-state index in [4.69, 9.17) is 10.9 Å². The van der Waals surface area contributed by atoms with Gasteiger partial charge in [-0.3, -0.25) is 10.1 Å². The number of hydrogen-bond donors (Lipinski definition) is 3. The number of anilines is 1. The molecule has 1 aromatic heterocycles. The molecule has 0 saturated heterocycles. The molecule has 1 rings (SSSR count). The van der Waals surface area contributed by atoms with Gasteiger partial charge in [0.05, 0.1) is 11.0 Å². The summed E-state index contributed by atoms with van der Waals surface area (Å²) in [7, 11) is 0. The molecule has 0 spiro atoms. The lowest BCUT2D eigenvalue weighted by molar-refractivity contribution is -0.385. The van der Waals surface area contributed by atoms with Crippen molar-refractivity contribution in [3.05, 3.63) is 22.2 Å². The molecule has 88 valence electrons. The van der Waals surface area contributed by atoms with Gasteiger partial charge in [-0.05, 0) is 6.42 Å². The molecule has 0 unspecified atom stereocenters. The Morgan fingerprint density at radius 1 is 1.62 bits per heavy atom. The van der Waals surface area contributed by atoms with E-state index < -0.39 is 4.92 Å². The second kappa shape index (κ2) is 6.26. The van der Waals surface area contributed by atoms with E-state index in [1.54, 1.807) is 0 Å². The van der Waals surface area contributed by atoms with Gasteiger partial charge < -0.3 is 10.5 Å². The van der Waals surface area contributed by atoms with Crippen molar-refractivity contribution in [2.45, 2.75) is 11.4 Å². The van der Waals surface area contributed by atoms with E-state index in [1.165, 1.54) is 23.9 Å². The maximum absolute atomic E-state index is 10.6. The van der Waals surface area contributed by atoms with E-state index in [1.807, 2.05) is 0 Å². The Labute approximate surface area is 96.2 Å². The number of aliphatic hydroxyl groups is 1. The standard InChI is InChI=1S/C8H12N4O3S/c9-11-7-4-6(12(14)15)5-8(10-7)16-3-1-2-13/h4-5,13H,1-3,9H2,(H,10,11). The van der Waals surface area contributed by atoms with Crippen LogP contribution in [0.4, 0.5) is 11.5 Å². The van der Waals surface area contributed by atoms with Crippen molar-refractivity contribution in [3.8, 4) is 0 Å². The molecule has 8 heteroatoms. The highest BCUT2D eigenvalue weighted by Gasteiger charge is 2.10. The highest BCUT2D eigenvalue weighted by Crippen LogP contribution is 2.24. The predicted octanol–water partition coefficient (Wildman–Crippen LogP) is 0.750. The zero-order valence-electron chi connectivity index (χ0n) is 8.42. The Hall–Kier alpha value is -1.38. The van der Waals surface area contributed by atoms with E-state index in [9.17, 15) is 10.1 Å². The fraction of sp³-hybridized carbons (Fsp3) is 0.375. The van der Waals surface area contributed by atoms with Gasteiger partial charge in [0.1, 0.15) is 10.8 Å². The zero-order chi connectivity index (χ0) is 12.0. The van der Waals surface area contributed by atoms with E-state index in [-0.39, 0.29) is 18.1 Å². The number of nitrogens with two attached hydrogens (primary N) is 1. The number of hydrogen-bond acceptors (Lipinski definition) is 7. The monoisotopic (exact) mass is 244 g/mol. The minimum atomic E-state index is -0.501. The lowest BCUT2D eigenvalue weighted by Gasteiger charge is -2.03. The summed E-state index contributed by atoms with van der Waals surface area (Å²) in [5.41, 5.74) is 2.21. The number of nitrogens with one attached hydrogen (secondary N) is 1. The van der Waals surface area contributed by atoms with Crippen LogP contribution in [0.2, 0.25) is 0 Å². The van der Waals surface area contributed by atoms with Crippen LogP contribution in [0, 0.1) is 10.1 Å². The maximum Gasteiger partial charge on any atom is 0.275 e. The van der Waals surface area contributed by atoms with E-state index in [2.05, 4.69) is 10.4 Å². The van der Waals surface area contributed by atoms with Gasteiger partial charge in [-0.15, -0.1) is 11.8 Å². The van der Waals surface area contributed by atoms with Crippen molar-refractivity contribution >= 4 is 23.3 Å². The molecule has 0 atom stereocenters. The van der Waals surface area contributed by atoms with Crippen LogP contribution in [0.3, 0.4) is 0 Å². The smallest absolute Gasteiger partial charge is 0.275 e. The van der Waals surface area contributed by atoms with Crippen molar-refractivity contribution in [2.24, 2.45) is 5.84 Å². The zero-order valence-corrected chi connectivity index (χ0v) is 9.24. The van der Waals surface area contributed by atoms with Gasteiger partial charge in [0.15, 0.2) is 0 Å². The summed E-state index contributed by atoms with van der Waals surface area (Å²) in [5, 5.41) is 19.7. The van der Waals surface area contributed by atoms with Gasteiger partial charge >= 0.3 is 0 Å². The second-order valence-corrected chi connectivity index (χ2v) is 3.99. The average Bonchev–Trinajstić information content (AvgIpc) is 2.29. The molecule has 1 heterocycles. The van der Waals surface area contributed by atoms with Crippen LogP contribution < -0.4 is 11.3 Å². The molecule has 0 radical (unpaired) electrons. The molecule has 0 saturated carbocycles. The van der Waals surface area contributed by atoms with E-state index in [0.717, 1.165) is 0 Å². The van der Waals surface area contributed by atoms with Crippen molar-refractivity contribution in [1.29, 1.82) is 0 Å². The molecule has 0 aliphatic heterocycles. The number of aromatic nitrogens is 1. The highest BCUT2D eigenvalue weighted by molar-refractivity contribution is 7.99. The van der Waals surface area contributed by atoms with Crippen LogP contribution in [0.25, 0.3) is 0 Å². The number of pyridine rings is 1. The van der Waals surface area contributed by atoms with Gasteiger partial charge in [-0.2, -0.15) is 0 Å². The number of rotatable bonds is 6. The minimum Gasteiger partial charge on any atom is -0.396 e. The minimum absolute atomic E-state index is 0.0607. The molecule has 0 fully saturated rings. The van der Waals surface area contributed by atoms with Gasteiger partial charge in [0.2, 0.25) is 0 Å². The Balaban J connectivity index is 2.82. The van der Waals surface area contributed by atoms with Crippen molar-refractivity contribution in [3.63, 3.8) is 0 Å². The largest absolute Gasteiger partial charge is 0.396 e. The van der Waals surface area contributed by atoms with Crippen LogP contribution in [0.5, 0.6) is 0 Å². The third kappa shape index (κ3) is 3.65. The summed E-state index contributed by atoms with van der Waals surface area (Å²) in [6, 6.07) is 2.64. The van der Waals surface area contributed by atoms with Gasteiger partial charge in [0, 0.05) is 18.4 Å². The van der Waals surface area contributed by atoms with Crippen LogP contribution >= 0.6 is 11.8 Å². The summed E-state index contributed by atoms with van der Waals surface area (Å²) >= 11 is 1.33. The summed E-state index contributed by atoms with van der Waals surface area (Å²) in [4.78, 5) is 14.2. The number of nitro groups is 1. The lowest BCUT2D eigenvalue weighted by Crippen LogP contribution is -2.09. The number of nitrogens with zero attached hydrogens (tertiary/aromatic N) is 2. The summed E-state index contributed by atoms with van der Waals surface area (Å²) in [5.74, 6) is 6.06. The number of aliphatic hydroxyl groups excluding tert-OH is 1. The first kappa shape index (κ1) is 12.7. The lowest BCUT2D eigenvalue weighted by atomic mass is 10.4. The Kier molecular flexibility index (Phi) is 4.96. The first-order valence-corrected chi connectivity index (χ1v) is 5.52. The van der Waals surface area contributed by atoms with Crippen molar-refractivity contribution < 1.29 is 10.0 Å². The highest BCUT2D eigenvalue weighted by atomic mass is 32.2. The molecule has 0 aromatic carbocycles. The summed E-state index contributed by atoms with van der Waals surface area (Å²) < 4.78 is 0. The predicted molar refractivity (Wildman–Crippen MR) is 61.1 cm³/mol. The third-order valence-electron chi connectivity index (χ3n) is 1.70. The molecular formula is C8H12N4O3S. The average molecular weight is 244 g/mol. The molecule has 4 N–H and O–H groups in total. The molecular weight excluding hydrogens is 232 g/mol. The Morgan fingerprint density at radius 3 is 2.94 bits per heavy atom. The summed E-state index contributed by atoms with van der Waals surface area (Å²) in [6.07, 6.45) is 0.612. The maximum atomic E-state index is 10.6. The molecule has 7 nitrogen and oxygen atoms in total. The number of hydrazine groups is 1. The van der Waals surface area contributed by atoms with Crippen molar-refractivity contribution in [1.82, 2.24) is 4.98 Å². The molecule has 0 amide bonds. The van der Waals surface area contributed by atoms with Crippen LogP contribution in [-0.2, 0) is 0 Å². The second-order valence-electron chi connectivity index (χ2n) is 2.88. The van der Waals surface area contributed by atoms with Gasteiger partial charge in [-0.1, -0.05) is 0 Å². The third-order valence-corrected chi connectivity index (χ3v) is 2.70. The fourth-order valence-corrected chi connectivity index (χ4v) is 1.84. The summed E-state index contributed by atoms with van der Waals surface area (Å²) in [6.45, 7) is 0.0872. The first-order chi connectivity index (χ1) is 7.67. The number of nitrogen functional groups attached to an aromatic ring is 1. The van der Waals surface area contributed by atoms with Gasteiger partial charge in [0.25, 0.3) is 5.69 Å².